The standard InChI is InChI=1S/C17H17ClN2O4/c1-17(2,3)24-16(21)19-14-9-6-12(10-15(14)20(22)23)11-4-7-13(18)8-5-11/h4-10H,1-3H3,(H,19,21). The SMILES string of the molecule is CC(C)(C)OC(=O)Nc1ccc(-c2ccc(Cl)cc2)cc1[N+](=O)[O-]. The molecule has 0 fully saturated rings. The van der Waals surface area contributed by atoms with E-state index in [4.69, 9.17) is 16.3 Å². The van der Waals surface area contributed by atoms with Crippen LogP contribution in [-0.2, 0) is 4.74 Å². The number of hydrogen-bond acceptors (Lipinski definition) is 4. The Kier molecular flexibility index (Phi) is 5.09. The fraction of sp³-hybridized carbons (Fsp3) is 0.235. The van der Waals surface area contributed by atoms with Gasteiger partial charge < -0.3 is 4.74 Å². The average Bonchev–Trinajstić information content (AvgIpc) is 2.46. The first-order valence-corrected chi connectivity index (χ1v) is 7.58. The molecule has 0 aliphatic heterocycles. The van der Waals surface area contributed by atoms with Gasteiger partial charge in [-0.25, -0.2) is 4.79 Å². The van der Waals surface area contributed by atoms with Crippen molar-refractivity contribution in [3.8, 4) is 11.1 Å². The highest BCUT2D eigenvalue weighted by atomic mass is 35.5. The lowest BCUT2D eigenvalue weighted by Gasteiger charge is -2.19. The summed E-state index contributed by atoms with van der Waals surface area (Å²) in [6.07, 6.45) is -0.746. The van der Waals surface area contributed by atoms with Crippen molar-refractivity contribution in [1.82, 2.24) is 0 Å². The molecule has 24 heavy (non-hydrogen) atoms. The fourth-order valence-corrected chi connectivity index (χ4v) is 2.15. The summed E-state index contributed by atoms with van der Waals surface area (Å²) >= 11 is 5.85. The van der Waals surface area contributed by atoms with Gasteiger partial charge in [-0.05, 0) is 50.1 Å². The predicted octanol–water partition coefficient (Wildman–Crippen LogP) is 5.26. The minimum atomic E-state index is -0.746. The topological polar surface area (TPSA) is 81.5 Å². The number of nitro benzene ring substituents is 1. The first-order chi connectivity index (χ1) is 11.2. The van der Waals surface area contributed by atoms with Gasteiger partial charge in [-0.2, -0.15) is 0 Å². The number of halogens is 1. The molecule has 1 N–H and O–H groups in total. The highest BCUT2D eigenvalue weighted by Gasteiger charge is 2.21. The zero-order valence-electron chi connectivity index (χ0n) is 13.5. The first-order valence-electron chi connectivity index (χ1n) is 7.20. The molecule has 0 saturated carbocycles. The molecular weight excluding hydrogens is 332 g/mol. The van der Waals surface area contributed by atoms with Crippen LogP contribution in [-0.4, -0.2) is 16.6 Å². The van der Waals surface area contributed by atoms with Crippen molar-refractivity contribution in [3.63, 3.8) is 0 Å². The lowest BCUT2D eigenvalue weighted by atomic mass is 10.0. The number of anilines is 1. The zero-order valence-corrected chi connectivity index (χ0v) is 14.3. The summed E-state index contributed by atoms with van der Waals surface area (Å²) in [7, 11) is 0. The van der Waals surface area contributed by atoms with Gasteiger partial charge in [0.1, 0.15) is 11.3 Å². The van der Waals surface area contributed by atoms with E-state index in [1.165, 1.54) is 12.1 Å². The summed E-state index contributed by atoms with van der Waals surface area (Å²) in [6, 6.07) is 11.5. The van der Waals surface area contributed by atoms with Crippen LogP contribution < -0.4 is 5.32 Å². The van der Waals surface area contributed by atoms with Gasteiger partial charge in [0.15, 0.2) is 0 Å². The Morgan fingerprint density at radius 2 is 1.71 bits per heavy atom. The average molecular weight is 349 g/mol. The molecule has 0 atom stereocenters. The van der Waals surface area contributed by atoms with Gasteiger partial charge in [0.25, 0.3) is 5.69 Å². The van der Waals surface area contributed by atoms with Crippen LogP contribution in [0, 0.1) is 10.1 Å². The molecule has 0 saturated heterocycles. The summed E-state index contributed by atoms with van der Waals surface area (Å²) in [5, 5.41) is 14.3. The molecule has 0 unspecified atom stereocenters. The summed E-state index contributed by atoms with van der Waals surface area (Å²) in [5.74, 6) is 0. The fourth-order valence-electron chi connectivity index (χ4n) is 2.02. The molecule has 0 aliphatic rings. The number of nitrogens with zero attached hydrogens (tertiary/aromatic N) is 1. The van der Waals surface area contributed by atoms with Crippen LogP contribution in [0.15, 0.2) is 42.5 Å². The normalized spacial score (nSPS) is 11.0. The van der Waals surface area contributed by atoms with Crippen molar-refractivity contribution in [2.45, 2.75) is 26.4 Å². The number of nitro groups is 1. The van der Waals surface area contributed by atoms with E-state index in [0.717, 1.165) is 5.56 Å². The second kappa shape index (κ2) is 6.88. The summed E-state index contributed by atoms with van der Waals surface area (Å²) in [4.78, 5) is 22.6. The lowest BCUT2D eigenvalue weighted by Crippen LogP contribution is -2.27. The van der Waals surface area contributed by atoms with Gasteiger partial charge in [-0.1, -0.05) is 29.8 Å². The van der Waals surface area contributed by atoms with Crippen molar-refractivity contribution in [1.29, 1.82) is 0 Å². The molecule has 7 heteroatoms. The van der Waals surface area contributed by atoms with E-state index in [1.54, 1.807) is 51.1 Å². The van der Waals surface area contributed by atoms with Gasteiger partial charge in [-0.3, -0.25) is 15.4 Å². The Morgan fingerprint density at radius 1 is 1.12 bits per heavy atom. The second-order valence-electron chi connectivity index (χ2n) is 6.12. The minimum absolute atomic E-state index is 0.0759. The molecule has 2 aromatic rings. The number of nitrogens with one attached hydrogen (secondary N) is 1. The number of benzene rings is 2. The molecule has 1 amide bonds. The molecular formula is C17H17ClN2O4. The summed E-state index contributed by atoms with van der Waals surface area (Å²) in [5.41, 5.74) is 0.599. The monoisotopic (exact) mass is 348 g/mol. The third kappa shape index (κ3) is 4.70. The maximum atomic E-state index is 11.8. The maximum absolute atomic E-state index is 11.8. The molecule has 0 radical (unpaired) electrons. The molecule has 2 aromatic carbocycles. The van der Waals surface area contributed by atoms with E-state index >= 15 is 0 Å². The van der Waals surface area contributed by atoms with Gasteiger partial charge >= 0.3 is 6.09 Å². The van der Waals surface area contributed by atoms with Crippen LogP contribution in [0.1, 0.15) is 20.8 Å². The Labute approximate surface area is 144 Å². The summed E-state index contributed by atoms with van der Waals surface area (Å²) < 4.78 is 5.12. The molecule has 0 aromatic heterocycles. The van der Waals surface area contributed by atoms with Gasteiger partial charge in [-0.15, -0.1) is 0 Å². The van der Waals surface area contributed by atoms with Gasteiger partial charge in [0.2, 0.25) is 0 Å². The Hall–Kier alpha value is -2.60. The highest BCUT2D eigenvalue weighted by molar-refractivity contribution is 6.30. The third-order valence-electron chi connectivity index (χ3n) is 3.01. The molecule has 0 aliphatic carbocycles. The van der Waals surface area contributed by atoms with Crippen molar-refractivity contribution in [3.05, 3.63) is 57.6 Å². The first kappa shape index (κ1) is 17.7. The number of carbonyl (C=O) groups is 1. The molecule has 0 spiro atoms. The van der Waals surface area contributed by atoms with E-state index in [0.29, 0.717) is 10.6 Å². The summed E-state index contributed by atoms with van der Waals surface area (Å²) in [6.45, 7) is 5.14. The van der Waals surface area contributed by atoms with E-state index in [9.17, 15) is 14.9 Å². The number of hydrogen-bond donors (Lipinski definition) is 1. The van der Waals surface area contributed by atoms with E-state index in [-0.39, 0.29) is 11.4 Å². The molecule has 126 valence electrons. The largest absolute Gasteiger partial charge is 0.444 e. The predicted molar refractivity (Wildman–Crippen MR) is 93.4 cm³/mol. The van der Waals surface area contributed by atoms with Crippen LogP contribution in [0.5, 0.6) is 0 Å². The van der Waals surface area contributed by atoms with E-state index in [1.807, 2.05) is 0 Å². The molecule has 0 bridgehead atoms. The maximum Gasteiger partial charge on any atom is 0.412 e. The molecule has 0 heterocycles. The van der Waals surface area contributed by atoms with Gasteiger partial charge in [0, 0.05) is 11.1 Å². The van der Waals surface area contributed by atoms with Crippen LogP contribution in [0.25, 0.3) is 11.1 Å². The van der Waals surface area contributed by atoms with Crippen LogP contribution in [0.4, 0.5) is 16.2 Å². The number of ether oxygens (including phenoxy) is 1. The Morgan fingerprint density at radius 3 is 2.25 bits per heavy atom. The number of amides is 1. The van der Waals surface area contributed by atoms with Crippen LogP contribution >= 0.6 is 11.6 Å². The smallest absolute Gasteiger partial charge is 0.412 e. The quantitative estimate of drug-likeness (QED) is 0.605. The van der Waals surface area contributed by atoms with E-state index < -0.39 is 16.6 Å². The van der Waals surface area contributed by atoms with Crippen LogP contribution in [0.3, 0.4) is 0 Å². The zero-order chi connectivity index (χ0) is 17.9. The number of rotatable bonds is 3. The van der Waals surface area contributed by atoms with Crippen LogP contribution in [0.2, 0.25) is 5.02 Å². The van der Waals surface area contributed by atoms with E-state index in [2.05, 4.69) is 5.32 Å². The van der Waals surface area contributed by atoms with Crippen molar-refractivity contribution < 1.29 is 14.5 Å². The Balaban J connectivity index is 2.32. The lowest BCUT2D eigenvalue weighted by molar-refractivity contribution is -0.383. The Bertz CT molecular complexity index is 767. The van der Waals surface area contributed by atoms with Crippen molar-refractivity contribution in [2.24, 2.45) is 0 Å². The highest BCUT2D eigenvalue weighted by Crippen LogP contribution is 2.31. The molecule has 2 rings (SSSR count). The molecule has 6 nitrogen and oxygen atoms in total. The van der Waals surface area contributed by atoms with Crippen molar-refractivity contribution in [2.75, 3.05) is 5.32 Å². The third-order valence-corrected chi connectivity index (χ3v) is 3.26. The van der Waals surface area contributed by atoms with Gasteiger partial charge in [0.05, 0.1) is 4.92 Å². The minimum Gasteiger partial charge on any atom is -0.444 e. The second-order valence-corrected chi connectivity index (χ2v) is 6.56. The van der Waals surface area contributed by atoms with Crippen molar-refractivity contribution >= 4 is 29.1 Å². The number of carbonyl (C=O) groups excluding carboxylic acids is 1.